The second-order valence-electron chi connectivity index (χ2n) is 6.90. The zero-order valence-electron chi connectivity index (χ0n) is 16.7. The van der Waals surface area contributed by atoms with Crippen molar-refractivity contribution in [3.8, 4) is 16.9 Å². The lowest BCUT2D eigenvalue weighted by atomic mass is 10.1. The van der Waals surface area contributed by atoms with Crippen LogP contribution in [0.5, 0.6) is 0 Å². The highest BCUT2D eigenvalue weighted by atomic mass is 16.1. The van der Waals surface area contributed by atoms with Crippen LogP contribution in [0.2, 0.25) is 0 Å². The van der Waals surface area contributed by atoms with Crippen molar-refractivity contribution in [2.45, 2.75) is 13.5 Å². The summed E-state index contributed by atoms with van der Waals surface area (Å²) in [5.41, 5.74) is 5.57. The summed E-state index contributed by atoms with van der Waals surface area (Å²) >= 11 is 0. The van der Waals surface area contributed by atoms with E-state index in [4.69, 9.17) is 5.10 Å². The van der Waals surface area contributed by atoms with E-state index in [1.165, 1.54) is 6.08 Å². The van der Waals surface area contributed by atoms with Crippen LogP contribution < -0.4 is 5.32 Å². The molecule has 30 heavy (non-hydrogen) atoms. The summed E-state index contributed by atoms with van der Waals surface area (Å²) in [4.78, 5) is 16.7. The Labute approximate surface area is 175 Å². The first kappa shape index (κ1) is 19.3. The van der Waals surface area contributed by atoms with E-state index in [-0.39, 0.29) is 5.91 Å². The number of para-hydroxylation sites is 1. The third-order valence-corrected chi connectivity index (χ3v) is 4.77. The summed E-state index contributed by atoms with van der Waals surface area (Å²) in [7, 11) is 0. The van der Waals surface area contributed by atoms with Crippen molar-refractivity contribution in [3.63, 3.8) is 0 Å². The molecule has 1 N–H and O–H groups in total. The standard InChI is InChI=1S/C25H22N4O/c1-19-9-8-16-26-23(19)17-27-24(30)15-14-21-18-29(22-12-6-3-7-13-22)28-25(21)20-10-4-2-5-11-20/h2-16,18H,17H2,1H3,(H,27,30)/b15-14+. The molecule has 0 saturated heterocycles. The quantitative estimate of drug-likeness (QED) is 0.487. The van der Waals surface area contributed by atoms with E-state index in [0.717, 1.165) is 33.8 Å². The minimum Gasteiger partial charge on any atom is -0.347 e. The minimum absolute atomic E-state index is 0.175. The number of rotatable bonds is 6. The van der Waals surface area contributed by atoms with E-state index < -0.39 is 0 Å². The number of hydrogen-bond acceptors (Lipinski definition) is 3. The van der Waals surface area contributed by atoms with E-state index in [0.29, 0.717) is 6.54 Å². The molecule has 0 saturated carbocycles. The number of aryl methyl sites for hydroxylation is 1. The largest absolute Gasteiger partial charge is 0.347 e. The predicted octanol–water partition coefficient (Wildman–Crippen LogP) is 4.57. The van der Waals surface area contributed by atoms with Crippen molar-refractivity contribution in [2.75, 3.05) is 0 Å². The summed E-state index contributed by atoms with van der Waals surface area (Å²) in [6, 6.07) is 23.7. The lowest BCUT2D eigenvalue weighted by Crippen LogP contribution is -2.21. The van der Waals surface area contributed by atoms with Crippen molar-refractivity contribution in [1.82, 2.24) is 20.1 Å². The molecule has 0 aliphatic rings. The van der Waals surface area contributed by atoms with Crippen LogP contribution in [0.3, 0.4) is 0 Å². The maximum absolute atomic E-state index is 12.4. The SMILES string of the molecule is Cc1cccnc1CNC(=O)/C=C/c1cn(-c2ccccc2)nc1-c1ccccc1. The van der Waals surface area contributed by atoms with Gasteiger partial charge in [-0.05, 0) is 36.8 Å². The zero-order valence-corrected chi connectivity index (χ0v) is 16.7. The molecule has 1 amide bonds. The average molecular weight is 394 g/mol. The zero-order chi connectivity index (χ0) is 20.8. The van der Waals surface area contributed by atoms with Gasteiger partial charge in [0.25, 0.3) is 0 Å². The number of nitrogens with one attached hydrogen (secondary N) is 1. The summed E-state index contributed by atoms with van der Waals surface area (Å²) < 4.78 is 1.83. The molecule has 2 heterocycles. The number of carbonyl (C=O) groups excluding carboxylic acids is 1. The van der Waals surface area contributed by atoms with Crippen LogP contribution >= 0.6 is 0 Å². The molecule has 5 nitrogen and oxygen atoms in total. The molecule has 4 aromatic rings. The highest BCUT2D eigenvalue weighted by Crippen LogP contribution is 2.24. The summed E-state index contributed by atoms with van der Waals surface area (Å²) in [6.45, 7) is 2.37. The van der Waals surface area contributed by atoms with Gasteiger partial charge in [-0.15, -0.1) is 0 Å². The van der Waals surface area contributed by atoms with Gasteiger partial charge in [-0.2, -0.15) is 5.10 Å². The van der Waals surface area contributed by atoms with Crippen LogP contribution in [0.4, 0.5) is 0 Å². The lowest BCUT2D eigenvalue weighted by molar-refractivity contribution is -0.116. The van der Waals surface area contributed by atoms with Crippen molar-refractivity contribution in [3.05, 3.63) is 108 Å². The van der Waals surface area contributed by atoms with Gasteiger partial charge >= 0.3 is 0 Å². The topological polar surface area (TPSA) is 59.8 Å². The van der Waals surface area contributed by atoms with Gasteiger partial charge in [0.05, 0.1) is 23.6 Å². The fourth-order valence-electron chi connectivity index (χ4n) is 3.14. The Morgan fingerprint density at radius 3 is 2.47 bits per heavy atom. The van der Waals surface area contributed by atoms with E-state index in [9.17, 15) is 4.79 Å². The molecule has 0 fully saturated rings. The van der Waals surface area contributed by atoms with Crippen LogP contribution in [-0.2, 0) is 11.3 Å². The number of amides is 1. The number of aromatic nitrogens is 3. The molecular weight excluding hydrogens is 372 g/mol. The lowest BCUT2D eigenvalue weighted by Gasteiger charge is -2.04. The fourth-order valence-corrected chi connectivity index (χ4v) is 3.14. The maximum atomic E-state index is 12.4. The molecule has 4 rings (SSSR count). The van der Waals surface area contributed by atoms with Crippen molar-refractivity contribution in [2.24, 2.45) is 0 Å². The third kappa shape index (κ3) is 4.52. The Balaban J connectivity index is 1.57. The Kier molecular flexibility index (Phi) is 5.80. The van der Waals surface area contributed by atoms with Crippen LogP contribution in [0, 0.1) is 6.92 Å². The molecule has 5 heteroatoms. The van der Waals surface area contributed by atoms with Crippen LogP contribution in [0.25, 0.3) is 23.0 Å². The third-order valence-electron chi connectivity index (χ3n) is 4.77. The molecule has 0 aliphatic heterocycles. The number of carbonyl (C=O) groups is 1. The van der Waals surface area contributed by atoms with Gasteiger partial charge in [0.2, 0.25) is 5.91 Å². The molecule has 2 aromatic heterocycles. The normalized spacial score (nSPS) is 11.0. The van der Waals surface area contributed by atoms with Crippen LogP contribution in [0.15, 0.2) is 91.3 Å². The fraction of sp³-hybridized carbons (Fsp3) is 0.0800. The molecule has 0 radical (unpaired) electrons. The second kappa shape index (κ2) is 9.01. The molecular formula is C25H22N4O. The van der Waals surface area contributed by atoms with Gasteiger partial charge in [-0.3, -0.25) is 9.78 Å². The van der Waals surface area contributed by atoms with E-state index in [2.05, 4.69) is 10.3 Å². The average Bonchev–Trinajstić information content (AvgIpc) is 3.23. The van der Waals surface area contributed by atoms with Crippen molar-refractivity contribution < 1.29 is 4.79 Å². The number of hydrogen-bond donors (Lipinski definition) is 1. The number of pyridine rings is 1. The van der Waals surface area contributed by atoms with Crippen LogP contribution in [0.1, 0.15) is 16.8 Å². The molecule has 2 aromatic carbocycles. The summed E-state index contributed by atoms with van der Waals surface area (Å²) in [5, 5.41) is 7.65. The van der Waals surface area contributed by atoms with Gasteiger partial charge in [0.1, 0.15) is 0 Å². The van der Waals surface area contributed by atoms with Gasteiger partial charge < -0.3 is 5.32 Å². The summed E-state index contributed by atoms with van der Waals surface area (Å²) in [5.74, 6) is -0.175. The Morgan fingerprint density at radius 2 is 1.73 bits per heavy atom. The van der Waals surface area contributed by atoms with E-state index >= 15 is 0 Å². The second-order valence-corrected chi connectivity index (χ2v) is 6.90. The Morgan fingerprint density at radius 1 is 1.00 bits per heavy atom. The minimum atomic E-state index is -0.175. The van der Waals surface area contributed by atoms with Crippen LogP contribution in [-0.4, -0.2) is 20.7 Å². The number of benzene rings is 2. The molecule has 0 bridgehead atoms. The maximum Gasteiger partial charge on any atom is 0.244 e. The smallest absolute Gasteiger partial charge is 0.244 e. The number of nitrogens with zero attached hydrogens (tertiary/aromatic N) is 3. The predicted molar refractivity (Wildman–Crippen MR) is 119 cm³/mol. The monoisotopic (exact) mass is 394 g/mol. The Hall–Kier alpha value is -3.99. The molecule has 0 atom stereocenters. The summed E-state index contributed by atoms with van der Waals surface area (Å²) in [6.07, 6.45) is 7.01. The van der Waals surface area contributed by atoms with Gasteiger partial charge in [-0.1, -0.05) is 54.6 Å². The highest BCUT2D eigenvalue weighted by molar-refractivity contribution is 5.92. The van der Waals surface area contributed by atoms with Gasteiger partial charge in [0, 0.05) is 29.6 Å². The van der Waals surface area contributed by atoms with Crippen molar-refractivity contribution >= 4 is 12.0 Å². The molecule has 0 unspecified atom stereocenters. The first-order valence-corrected chi connectivity index (χ1v) is 9.77. The first-order chi connectivity index (χ1) is 14.7. The van der Waals surface area contributed by atoms with E-state index in [1.54, 1.807) is 12.3 Å². The molecule has 0 aliphatic carbocycles. The molecule has 148 valence electrons. The molecule has 0 spiro atoms. The Bertz CT molecular complexity index is 1160. The van der Waals surface area contributed by atoms with Gasteiger partial charge in [0.15, 0.2) is 0 Å². The van der Waals surface area contributed by atoms with Crippen molar-refractivity contribution in [1.29, 1.82) is 0 Å². The van der Waals surface area contributed by atoms with E-state index in [1.807, 2.05) is 90.6 Å². The first-order valence-electron chi connectivity index (χ1n) is 9.77. The highest BCUT2D eigenvalue weighted by Gasteiger charge is 2.10. The van der Waals surface area contributed by atoms with Gasteiger partial charge in [-0.25, -0.2) is 4.68 Å².